The van der Waals surface area contributed by atoms with Gasteiger partial charge in [0.1, 0.15) is 0 Å². The zero-order valence-electron chi connectivity index (χ0n) is 13.7. The van der Waals surface area contributed by atoms with Gasteiger partial charge in [-0.05, 0) is 18.2 Å². The molecule has 7 heteroatoms. The molecular formula is C17H22N4O2S. The van der Waals surface area contributed by atoms with Gasteiger partial charge in [0, 0.05) is 48.5 Å². The van der Waals surface area contributed by atoms with Crippen molar-refractivity contribution in [2.45, 2.75) is 12.8 Å². The van der Waals surface area contributed by atoms with E-state index < -0.39 is 0 Å². The highest BCUT2D eigenvalue weighted by atomic mass is 32.1. The molecular weight excluding hydrogens is 324 g/mol. The Morgan fingerprint density at radius 2 is 2.25 bits per heavy atom. The van der Waals surface area contributed by atoms with Crippen molar-refractivity contribution >= 4 is 28.7 Å². The summed E-state index contributed by atoms with van der Waals surface area (Å²) in [6.07, 6.45) is 1.79. The Labute approximate surface area is 145 Å². The highest BCUT2D eigenvalue weighted by molar-refractivity contribution is 7.09. The molecule has 3 rings (SSSR count). The van der Waals surface area contributed by atoms with Crippen LogP contribution in [0, 0.1) is 0 Å². The zero-order valence-corrected chi connectivity index (χ0v) is 14.5. The lowest BCUT2D eigenvalue weighted by Gasteiger charge is -2.29. The molecule has 2 aromatic rings. The molecule has 1 aliphatic rings. The molecule has 1 fully saturated rings. The third kappa shape index (κ3) is 4.46. The number of thiazole rings is 1. The maximum absolute atomic E-state index is 12.1. The standard InChI is InChI=1S/C17H22N4O2S/c1-13(16-18-5-10-24-16)12-19-17(22)20-14-3-2-4-15(11-14)21-6-8-23-9-7-21/h2-5,10-11,13H,6-9,12H2,1H3,(H2,19,20,22). The fourth-order valence-electron chi connectivity index (χ4n) is 2.59. The van der Waals surface area contributed by atoms with Crippen molar-refractivity contribution in [3.63, 3.8) is 0 Å². The van der Waals surface area contributed by atoms with E-state index in [2.05, 4.69) is 33.5 Å². The number of urea groups is 1. The largest absolute Gasteiger partial charge is 0.378 e. The van der Waals surface area contributed by atoms with Crippen molar-refractivity contribution in [1.82, 2.24) is 10.3 Å². The van der Waals surface area contributed by atoms with E-state index in [0.717, 1.165) is 42.7 Å². The number of amides is 2. The molecule has 6 nitrogen and oxygen atoms in total. The summed E-state index contributed by atoms with van der Waals surface area (Å²) in [7, 11) is 0. The first-order chi connectivity index (χ1) is 11.7. The Morgan fingerprint density at radius 1 is 1.42 bits per heavy atom. The van der Waals surface area contributed by atoms with Crippen LogP contribution < -0.4 is 15.5 Å². The van der Waals surface area contributed by atoms with E-state index >= 15 is 0 Å². The Morgan fingerprint density at radius 3 is 3.00 bits per heavy atom. The highest BCUT2D eigenvalue weighted by Crippen LogP contribution is 2.20. The Hall–Kier alpha value is -2.12. The third-order valence-corrected chi connectivity index (χ3v) is 4.93. The van der Waals surface area contributed by atoms with Crippen LogP contribution in [0.1, 0.15) is 17.8 Å². The lowest BCUT2D eigenvalue weighted by molar-refractivity contribution is 0.122. The molecule has 1 aromatic carbocycles. The molecule has 1 saturated heterocycles. The van der Waals surface area contributed by atoms with Gasteiger partial charge in [0.2, 0.25) is 0 Å². The Balaban J connectivity index is 1.52. The van der Waals surface area contributed by atoms with Gasteiger partial charge in [0.25, 0.3) is 0 Å². The van der Waals surface area contributed by atoms with Crippen molar-refractivity contribution < 1.29 is 9.53 Å². The van der Waals surface area contributed by atoms with Crippen LogP contribution in [-0.2, 0) is 4.74 Å². The smallest absolute Gasteiger partial charge is 0.319 e. The number of hydrogen-bond donors (Lipinski definition) is 2. The zero-order chi connectivity index (χ0) is 16.8. The third-order valence-electron chi connectivity index (χ3n) is 3.92. The lowest BCUT2D eigenvalue weighted by atomic mass is 10.2. The van der Waals surface area contributed by atoms with Gasteiger partial charge in [0.15, 0.2) is 0 Å². The van der Waals surface area contributed by atoms with Crippen LogP contribution in [0.4, 0.5) is 16.2 Å². The topological polar surface area (TPSA) is 66.5 Å². The lowest BCUT2D eigenvalue weighted by Crippen LogP contribution is -2.36. The fourth-order valence-corrected chi connectivity index (χ4v) is 3.29. The van der Waals surface area contributed by atoms with Gasteiger partial charge in [-0.15, -0.1) is 11.3 Å². The van der Waals surface area contributed by atoms with Crippen molar-refractivity contribution in [2.24, 2.45) is 0 Å². The second-order valence-electron chi connectivity index (χ2n) is 5.76. The Bertz CT molecular complexity index is 656. The van der Waals surface area contributed by atoms with Gasteiger partial charge in [0.05, 0.1) is 18.2 Å². The summed E-state index contributed by atoms with van der Waals surface area (Å²) in [5.41, 5.74) is 1.89. The summed E-state index contributed by atoms with van der Waals surface area (Å²) < 4.78 is 5.38. The van der Waals surface area contributed by atoms with E-state index in [1.54, 1.807) is 17.5 Å². The summed E-state index contributed by atoms with van der Waals surface area (Å²) in [5.74, 6) is 0.204. The fraction of sp³-hybridized carbons (Fsp3) is 0.412. The van der Waals surface area contributed by atoms with Crippen molar-refractivity contribution in [3.05, 3.63) is 40.8 Å². The van der Waals surface area contributed by atoms with Crippen LogP contribution in [0.15, 0.2) is 35.8 Å². The van der Waals surface area contributed by atoms with Crippen molar-refractivity contribution in [2.75, 3.05) is 43.1 Å². The molecule has 0 bridgehead atoms. The van der Waals surface area contributed by atoms with Gasteiger partial charge in [-0.1, -0.05) is 13.0 Å². The highest BCUT2D eigenvalue weighted by Gasteiger charge is 2.13. The van der Waals surface area contributed by atoms with E-state index in [4.69, 9.17) is 4.74 Å². The van der Waals surface area contributed by atoms with E-state index in [9.17, 15) is 4.79 Å². The maximum Gasteiger partial charge on any atom is 0.319 e. The molecule has 2 amide bonds. The molecule has 1 aliphatic heterocycles. The molecule has 1 unspecified atom stereocenters. The molecule has 2 heterocycles. The first-order valence-corrected chi connectivity index (χ1v) is 8.97. The summed E-state index contributed by atoms with van der Waals surface area (Å²) in [4.78, 5) is 18.6. The average Bonchev–Trinajstić information content (AvgIpc) is 3.15. The number of carbonyl (C=O) groups excluding carboxylic acids is 1. The molecule has 1 atom stereocenters. The summed E-state index contributed by atoms with van der Waals surface area (Å²) >= 11 is 1.61. The monoisotopic (exact) mass is 346 g/mol. The quantitative estimate of drug-likeness (QED) is 0.874. The predicted octanol–water partition coefficient (Wildman–Crippen LogP) is 2.90. The van der Waals surface area contributed by atoms with Gasteiger partial charge in [-0.3, -0.25) is 0 Å². The van der Waals surface area contributed by atoms with Crippen molar-refractivity contribution in [3.8, 4) is 0 Å². The molecule has 0 aliphatic carbocycles. The van der Waals surface area contributed by atoms with E-state index in [-0.39, 0.29) is 11.9 Å². The molecule has 2 N–H and O–H groups in total. The number of anilines is 2. The van der Waals surface area contributed by atoms with E-state index in [1.807, 2.05) is 23.6 Å². The van der Waals surface area contributed by atoms with Gasteiger partial charge in [-0.25, -0.2) is 9.78 Å². The van der Waals surface area contributed by atoms with Crippen LogP contribution in [-0.4, -0.2) is 43.9 Å². The number of nitrogens with zero attached hydrogens (tertiary/aromatic N) is 2. The molecule has 0 spiro atoms. The van der Waals surface area contributed by atoms with Crippen LogP contribution in [0.2, 0.25) is 0 Å². The second-order valence-corrected chi connectivity index (χ2v) is 6.68. The normalized spacial score (nSPS) is 15.8. The molecule has 0 radical (unpaired) electrons. The molecule has 1 aromatic heterocycles. The van der Waals surface area contributed by atoms with Crippen LogP contribution in [0.5, 0.6) is 0 Å². The predicted molar refractivity (Wildman–Crippen MR) is 97.0 cm³/mol. The number of benzene rings is 1. The number of morpholine rings is 1. The minimum absolute atomic E-state index is 0.197. The summed E-state index contributed by atoms with van der Waals surface area (Å²) in [6, 6.07) is 7.71. The Kier molecular flexibility index (Phi) is 5.66. The van der Waals surface area contributed by atoms with Crippen LogP contribution in [0.25, 0.3) is 0 Å². The van der Waals surface area contributed by atoms with Crippen LogP contribution in [0.3, 0.4) is 0 Å². The molecule has 24 heavy (non-hydrogen) atoms. The number of aromatic nitrogens is 1. The first kappa shape index (κ1) is 16.7. The van der Waals surface area contributed by atoms with E-state index in [0.29, 0.717) is 6.54 Å². The average molecular weight is 346 g/mol. The van der Waals surface area contributed by atoms with Crippen LogP contribution >= 0.6 is 11.3 Å². The number of carbonyl (C=O) groups is 1. The summed E-state index contributed by atoms with van der Waals surface area (Å²) in [6.45, 7) is 5.85. The van der Waals surface area contributed by atoms with E-state index in [1.165, 1.54) is 0 Å². The second kappa shape index (κ2) is 8.12. The number of hydrogen-bond acceptors (Lipinski definition) is 5. The summed E-state index contributed by atoms with van der Waals surface area (Å²) in [5, 5.41) is 8.78. The number of rotatable bonds is 5. The molecule has 128 valence electrons. The SMILES string of the molecule is CC(CNC(=O)Nc1cccc(N2CCOCC2)c1)c1nccs1. The van der Waals surface area contributed by atoms with Gasteiger partial charge < -0.3 is 20.3 Å². The minimum atomic E-state index is -0.197. The first-order valence-electron chi connectivity index (χ1n) is 8.09. The van der Waals surface area contributed by atoms with Gasteiger partial charge >= 0.3 is 6.03 Å². The minimum Gasteiger partial charge on any atom is -0.378 e. The number of ether oxygens (including phenoxy) is 1. The van der Waals surface area contributed by atoms with Crippen molar-refractivity contribution in [1.29, 1.82) is 0 Å². The number of nitrogens with one attached hydrogen (secondary N) is 2. The van der Waals surface area contributed by atoms with Gasteiger partial charge in [-0.2, -0.15) is 0 Å². The molecule has 0 saturated carbocycles. The maximum atomic E-state index is 12.1.